The van der Waals surface area contributed by atoms with Crippen LogP contribution in [0.5, 0.6) is 0 Å². The molecule has 3 aromatic heterocycles. The number of rotatable bonds is 4. The molecule has 11 aromatic rings. The topological polar surface area (TPSA) is 9.86 Å². The van der Waals surface area contributed by atoms with E-state index in [-0.39, 0.29) is 0 Å². The Morgan fingerprint density at radius 2 is 0.843 bits per heavy atom. The highest BCUT2D eigenvalue weighted by molar-refractivity contribution is 7.25. The zero-order chi connectivity index (χ0) is 33.5. The molecule has 0 aliphatic rings. The third-order valence-corrected chi connectivity index (χ3v) is 11.7. The van der Waals surface area contributed by atoms with Crippen molar-refractivity contribution in [3.8, 4) is 33.6 Å². The van der Waals surface area contributed by atoms with E-state index >= 15 is 0 Å². The fourth-order valence-electron chi connectivity index (χ4n) is 8.31. The van der Waals surface area contributed by atoms with Crippen LogP contribution in [0.15, 0.2) is 182 Å². The first kappa shape index (κ1) is 28.4. The van der Waals surface area contributed by atoms with E-state index in [1.807, 2.05) is 11.3 Å². The Hall–Kier alpha value is -6.42. The standard InChI is InChI=1S/C48H30N2S/c1-2-12-31(13-3-1)33-14-10-15-34(30-33)32-24-26-35(27-25-32)49-39-19-7-4-16-36(39)47-42(49)28-29-43-48(47)37-17-5-8-20-40(37)50(43)41-21-11-23-45-46(41)38-18-6-9-22-44(38)51-45/h1-30H. The van der Waals surface area contributed by atoms with Gasteiger partial charge in [-0.3, -0.25) is 0 Å². The van der Waals surface area contributed by atoms with Gasteiger partial charge in [0, 0.05) is 47.4 Å². The van der Waals surface area contributed by atoms with Gasteiger partial charge in [0.2, 0.25) is 0 Å². The van der Waals surface area contributed by atoms with Crippen molar-refractivity contribution in [2.45, 2.75) is 0 Å². The second-order valence-electron chi connectivity index (χ2n) is 13.3. The van der Waals surface area contributed by atoms with Gasteiger partial charge in [-0.25, -0.2) is 0 Å². The highest BCUT2D eigenvalue weighted by atomic mass is 32.1. The first-order valence-electron chi connectivity index (χ1n) is 17.4. The van der Waals surface area contributed by atoms with E-state index in [2.05, 4.69) is 191 Å². The molecule has 2 nitrogen and oxygen atoms in total. The second kappa shape index (κ2) is 11.0. The van der Waals surface area contributed by atoms with Crippen LogP contribution < -0.4 is 0 Å². The summed E-state index contributed by atoms with van der Waals surface area (Å²) in [6, 6.07) is 66.5. The van der Waals surface area contributed by atoms with Crippen LogP contribution in [0.4, 0.5) is 0 Å². The number of thiophene rings is 1. The van der Waals surface area contributed by atoms with Gasteiger partial charge in [0.1, 0.15) is 0 Å². The minimum absolute atomic E-state index is 1.15. The fourth-order valence-corrected chi connectivity index (χ4v) is 9.44. The fraction of sp³-hybridized carbons (Fsp3) is 0. The molecule has 3 heterocycles. The van der Waals surface area contributed by atoms with Crippen molar-refractivity contribution < 1.29 is 0 Å². The van der Waals surface area contributed by atoms with E-state index in [9.17, 15) is 0 Å². The summed E-state index contributed by atoms with van der Waals surface area (Å²) in [7, 11) is 0. The van der Waals surface area contributed by atoms with E-state index < -0.39 is 0 Å². The first-order valence-corrected chi connectivity index (χ1v) is 18.3. The summed E-state index contributed by atoms with van der Waals surface area (Å²) in [6.07, 6.45) is 0. The minimum atomic E-state index is 1.15. The Kier molecular flexibility index (Phi) is 6.16. The van der Waals surface area contributed by atoms with Gasteiger partial charge in [0.15, 0.2) is 0 Å². The van der Waals surface area contributed by atoms with Crippen LogP contribution in [0.3, 0.4) is 0 Å². The molecule has 11 rings (SSSR count). The van der Waals surface area contributed by atoms with E-state index in [4.69, 9.17) is 0 Å². The zero-order valence-corrected chi connectivity index (χ0v) is 28.4. The van der Waals surface area contributed by atoms with Gasteiger partial charge < -0.3 is 9.13 Å². The third kappa shape index (κ3) is 4.22. The normalized spacial score (nSPS) is 11.9. The van der Waals surface area contributed by atoms with Crippen LogP contribution in [0.2, 0.25) is 0 Å². The predicted octanol–water partition coefficient (Wildman–Crippen LogP) is 13.6. The predicted molar refractivity (Wildman–Crippen MR) is 219 cm³/mol. The number of benzene rings is 8. The van der Waals surface area contributed by atoms with Gasteiger partial charge >= 0.3 is 0 Å². The van der Waals surface area contributed by atoms with E-state index in [1.54, 1.807) is 0 Å². The van der Waals surface area contributed by atoms with Crippen molar-refractivity contribution >= 4 is 75.1 Å². The Bertz CT molecular complexity index is 3120. The SMILES string of the molecule is c1ccc(-c2cccc(-c3ccc(-n4c5ccccc5c5c6c7ccccc7n(-c7cccc8sc9ccccc9c78)c6ccc54)cc3)c2)cc1. The maximum Gasteiger partial charge on any atom is 0.0555 e. The Labute approximate surface area is 298 Å². The van der Waals surface area contributed by atoms with E-state index in [0.29, 0.717) is 0 Å². The average molecular weight is 667 g/mol. The molecule has 8 aromatic carbocycles. The van der Waals surface area contributed by atoms with Crippen molar-refractivity contribution in [1.29, 1.82) is 0 Å². The van der Waals surface area contributed by atoms with Gasteiger partial charge in [-0.2, -0.15) is 0 Å². The quantitative estimate of drug-likeness (QED) is 0.177. The van der Waals surface area contributed by atoms with Crippen molar-refractivity contribution in [3.05, 3.63) is 182 Å². The number of hydrogen-bond acceptors (Lipinski definition) is 1. The molecule has 0 radical (unpaired) electrons. The minimum Gasteiger partial charge on any atom is -0.309 e. The summed E-state index contributed by atoms with van der Waals surface area (Å²) in [5, 5.41) is 7.75. The van der Waals surface area contributed by atoms with Crippen LogP contribution in [-0.2, 0) is 0 Å². The summed E-state index contributed by atoms with van der Waals surface area (Å²) >= 11 is 1.87. The summed E-state index contributed by atoms with van der Waals surface area (Å²) in [4.78, 5) is 0. The maximum absolute atomic E-state index is 2.50. The lowest BCUT2D eigenvalue weighted by Crippen LogP contribution is -1.95. The number of hydrogen-bond donors (Lipinski definition) is 0. The Balaban J connectivity index is 1.14. The lowest BCUT2D eigenvalue weighted by molar-refractivity contribution is 1.18. The van der Waals surface area contributed by atoms with Crippen LogP contribution >= 0.6 is 11.3 Å². The molecular formula is C48H30N2S. The monoisotopic (exact) mass is 666 g/mol. The van der Waals surface area contributed by atoms with Crippen LogP contribution in [0.1, 0.15) is 0 Å². The van der Waals surface area contributed by atoms with Crippen molar-refractivity contribution in [2.24, 2.45) is 0 Å². The largest absolute Gasteiger partial charge is 0.309 e. The number of fused-ring (bicyclic) bond motifs is 10. The molecule has 0 unspecified atom stereocenters. The molecule has 51 heavy (non-hydrogen) atoms. The summed E-state index contributed by atoms with van der Waals surface area (Å²) < 4.78 is 7.57. The molecule has 0 saturated carbocycles. The summed E-state index contributed by atoms with van der Waals surface area (Å²) in [5.41, 5.74) is 12.1. The molecule has 0 aliphatic carbocycles. The molecule has 0 atom stereocenters. The van der Waals surface area contributed by atoms with Crippen molar-refractivity contribution in [2.75, 3.05) is 0 Å². The maximum atomic E-state index is 2.50. The number of aromatic nitrogens is 2. The van der Waals surface area contributed by atoms with Gasteiger partial charge in [-0.1, -0.05) is 121 Å². The molecule has 0 spiro atoms. The molecule has 3 heteroatoms. The smallest absolute Gasteiger partial charge is 0.0555 e. The van der Waals surface area contributed by atoms with Crippen molar-refractivity contribution in [3.63, 3.8) is 0 Å². The molecule has 0 fully saturated rings. The molecule has 238 valence electrons. The van der Waals surface area contributed by atoms with Gasteiger partial charge in [-0.05, 0) is 82.9 Å². The molecule has 0 saturated heterocycles. The van der Waals surface area contributed by atoms with Gasteiger partial charge in [0.25, 0.3) is 0 Å². The van der Waals surface area contributed by atoms with Gasteiger partial charge in [-0.15, -0.1) is 11.3 Å². The second-order valence-corrected chi connectivity index (χ2v) is 14.4. The van der Waals surface area contributed by atoms with Gasteiger partial charge in [0.05, 0.1) is 27.8 Å². The van der Waals surface area contributed by atoms with E-state index in [0.717, 1.165) is 5.69 Å². The Morgan fingerprint density at radius 3 is 1.57 bits per heavy atom. The number of para-hydroxylation sites is 2. The lowest BCUT2D eigenvalue weighted by atomic mass is 9.99. The molecule has 0 amide bonds. The van der Waals surface area contributed by atoms with Crippen LogP contribution in [0, 0.1) is 0 Å². The highest BCUT2D eigenvalue weighted by Crippen LogP contribution is 2.45. The highest BCUT2D eigenvalue weighted by Gasteiger charge is 2.22. The summed E-state index contributed by atoms with van der Waals surface area (Å²) in [6.45, 7) is 0. The third-order valence-electron chi connectivity index (χ3n) is 10.5. The number of nitrogens with zero attached hydrogens (tertiary/aromatic N) is 2. The molecular weight excluding hydrogens is 637 g/mol. The Morgan fingerprint density at radius 1 is 0.314 bits per heavy atom. The zero-order valence-electron chi connectivity index (χ0n) is 27.6. The lowest BCUT2D eigenvalue weighted by Gasteiger charge is -2.11. The molecule has 0 bridgehead atoms. The van der Waals surface area contributed by atoms with Crippen molar-refractivity contribution in [1.82, 2.24) is 9.13 Å². The first-order chi connectivity index (χ1) is 25.3. The van der Waals surface area contributed by atoms with Crippen LogP contribution in [0.25, 0.3) is 97.4 Å². The molecule has 0 aliphatic heterocycles. The average Bonchev–Trinajstić information content (AvgIpc) is 3.86. The molecule has 0 N–H and O–H groups in total. The van der Waals surface area contributed by atoms with E-state index in [1.165, 1.54) is 91.7 Å². The summed E-state index contributed by atoms with van der Waals surface area (Å²) in [5.74, 6) is 0. The van der Waals surface area contributed by atoms with Crippen LogP contribution in [-0.4, -0.2) is 9.13 Å².